The zero-order valence-electron chi connectivity index (χ0n) is 9.16. The molecule has 14 heavy (non-hydrogen) atoms. The fourth-order valence-corrected chi connectivity index (χ4v) is 2.44. The van der Waals surface area contributed by atoms with Crippen LogP contribution in [0.1, 0.15) is 20.8 Å². The first-order chi connectivity index (χ1) is 6.68. The maximum absolute atomic E-state index is 3.43. The van der Waals surface area contributed by atoms with Gasteiger partial charge in [-0.1, -0.05) is 39.0 Å². The van der Waals surface area contributed by atoms with E-state index in [-0.39, 0.29) is 0 Å². The van der Waals surface area contributed by atoms with Crippen LogP contribution in [0.5, 0.6) is 0 Å². The molecule has 78 valence electrons. The fraction of sp³-hybridized carbons (Fsp3) is 0.500. The highest BCUT2D eigenvalue weighted by Gasteiger charge is 2.04. The molecule has 1 unspecified atom stereocenters. The van der Waals surface area contributed by atoms with E-state index < -0.39 is 0 Å². The maximum atomic E-state index is 3.43. The van der Waals surface area contributed by atoms with Gasteiger partial charge < -0.3 is 5.32 Å². The summed E-state index contributed by atoms with van der Waals surface area (Å²) in [5.74, 6) is 0. The lowest BCUT2D eigenvalue weighted by Crippen LogP contribution is -2.14. The van der Waals surface area contributed by atoms with E-state index >= 15 is 0 Å². The van der Waals surface area contributed by atoms with E-state index in [9.17, 15) is 0 Å². The number of benzene rings is 1. The summed E-state index contributed by atoms with van der Waals surface area (Å²) in [7, 11) is 0. The zero-order chi connectivity index (χ0) is 10.4. The van der Waals surface area contributed by atoms with Crippen molar-refractivity contribution in [3.05, 3.63) is 30.3 Å². The van der Waals surface area contributed by atoms with Gasteiger partial charge in [0.25, 0.3) is 0 Å². The van der Waals surface area contributed by atoms with Gasteiger partial charge in [-0.15, -0.1) is 0 Å². The molecule has 1 N–H and O–H groups in total. The molecule has 0 aliphatic rings. The van der Waals surface area contributed by atoms with Crippen molar-refractivity contribution in [1.82, 2.24) is 0 Å². The molecule has 0 fully saturated rings. The highest BCUT2D eigenvalue weighted by molar-refractivity contribution is 8.00. The number of rotatable bonds is 5. The average Bonchev–Trinajstić information content (AvgIpc) is 2.15. The largest absolute Gasteiger partial charge is 0.384 e. The highest BCUT2D eigenvalue weighted by Crippen LogP contribution is 2.17. The van der Waals surface area contributed by atoms with Gasteiger partial charge in [0.15, 0.2) is 0 Å². The van der Waals surface area contributed by atoms with Crippen LogP contribution in [0.25, 0.3) is 0 Å². The van der Waals surface area contributed by atoms with Crippen LogP contribution in [0.15, 0.2) is 30.3 Å². The van der Waals surface area contributed by atoms with Crippen molar-refractivity contribution in [1.29, 1.82) is 0 Å². The monoisotopic (exact) mass is 209 g/mol. The van der Waals surface area contributed by atoms with Gasteiger partial charge in [0.1, 0.15) is 0 Å². The van der Waals surface area contributed by atoms with Gasteiger partial charge >= 0.3 is 0 Å². The van der Waals surface area contributed by atoms with Crippen molar-refractivity contribution in [2.75, 3.05) is 11.9 Å². The third-order valence-electron chi connectivity index (χ3n) is 1.87. The lowest BCUT2D eigenvalue weighted by atomic mass is 10.3. The molecule has 0 heterocycles. The zero-order valence-corrected chi connectivity index (χ0v) is 9.97. The van der Waals surface area contributed by atoms with Gasteiger partial charge in [0, 0.05) is 17.5 Å². The lowest BCUT2D eigenvalue weighted by molar-refractivity contribution is 0.979. The minimum atomic E-state index is 0.662. The summed E-state index contributed by atoms with van der Waals surface area (Å²) in [6.45, 7) is 7.78. The van der Waals surface area contributed by atoms with Gasteiger partial charge in [-0.3, -0.25) is 0 Å². The first kappa shape index (κ1) is 11.4. The summed E-state index contributed by atoms with van der Waals surface area (Å²) >= 11 is 2.01. The Morgan fingerprint density at radius 1 is 1.14 bits per heavy atom. The summed E-state index contributed by atoms with van der Waals surface area (Å²) in [6.07, 6.45) is 0. The van der Waals surface area contributed by atoms with Crippen LogP contribution < -0.4 is 5.32 Å². The molecule has 1 aromatic rings. The molecule has 0 aliphatic carbocycles. The molecule has 2 heteroatoms. The third kappa shape index (κ3) is 4.56. The molecule has 0 saturated heterocycles. The van der Waals surface area contributed by atoms with Gasteiger partial charge in [-0.05, 0) is 17.4 Å². The summed E-state index contributed by atoms with van der Waals surface area (Å²) in [5.41, 5.74) is 1.21. The fourth-order valence-electron chi connectivity index (χ4n) is 1.33. The van der Waals surface area contributed by atoms with Crippen LogP contribution in [0.3, 0.4) is 0 Å². The van der Waals surface area contributed by atoms with Gasteiger partial charge in [0.05, 0.1) is 0 Å². The van der Waals surface area contributed by atoms with Crippen molar-refractivity contribution in [3.8, 4) is 0 Å². The van der Waals surface area contributed by atoms with E-state index in [0.717, 1.165) is 6.54 Å². The summed E-state index contributed by atoms with van der Waals surface area (Å²) in [4.78, 5) is 0. The first-order valence-corrected chi connectivity index (χ1v) is 6.07. The van der Waals surface area contributed by atoms with E-state index in [1.165, 1.54) is 5.69 Å². The van der Waals surface area contributed by atoms with Crippen LogP contribution in [0, 0.1) is 0 Å². The standard InChI is InChI=1S/C12H19NS/c1-10(2)14-11(3)9-13-12-7-5-4-6-8-12/h4-8,10-11,13H,9H2,1-3H3. The second kappa shape index (κ2) is 5.97. The van der Waals surface area contributed by atoms with Crippen LogP contribution in [0.4, 0.5) is 5.69 Å². The molecule has 0 saturated carbocycles. The molecule has 0 bridgehead atoms. The van der Waals surface area contributed by atoms with Crippen LogP contribution in [0.2, 0.25) is 0 Å². The predicted molar refractivity (Wildman–Crippen MR) is 67.1 cm³/mol. The summed E-state index contributed by atoms with van der Waals surface area (Å²) < 4.78 is 0. The third-order valence-corrected chi connectivity index (χ3v) is 3.05. The molecule has 0 aliphatic heterocycles. The van der Waals surface area contributed by atoms with Gasteiger partial charge in [0.2, 0.25) is 0 Å². The minimum Gasteiger partial charge on any atom is -0.384 e. The van der Waals surface area contributed by atoms with E-state index in [2.05, 4.69) is 50.4 Å². The topological polar surface area (TPSA) is 12.0 Å². The molecule has 1 rings (SSSR count). The van der Waals surface area contributed by atoms with Crippen molar-refractivity contribution < 1.29 is 0 Å². The molecule has 1 atom stereocenters. The Balaban J connectivity index is 2.27. The smallest absolute Gasteiger partial charge is 0.0340 e. The van der Waals surface area contributed by atoms with Crippen LogP contribution >= 0.6 is 11.8 Å². The molecule has 0 spiro atoms. The average molecular weight is 209 g/mol. The van der Waals surface area contributed by atoms with Crippen molar-refractivity contribution in [2.24, 2.45) is 0 Å². The van der Waals surface area contributed by atoms with E-state index in [1.807, 2.05) is 17.8 Å². The highest BCUT2D eigenvalue weighted by atomic mass is 32.2. The molecule has 0 aromatic heterocycles. The summed E-state index contributed by atoms with van der Waals surface area (Å²) in [5, 5.41) is 4.80. The van der Waals surface area contributed by atoms with Gasteiger partial charge in [-0.2, -0.15) is 11.8 Å². The number of para-hydroxylation sites is 1. The molecular formula is C12H19NS. The normalized spacial score (nSPS) is 12.9. The number of hydrogen-bond acceptors (Lipinski definition) is 2. The van der Waals surface area contributed by atoms with Crippen molar-refractivity contribution >= 4 is 17.4 Å². The second-order valence-electron chi connectivity index (χ2n) is 3.74. The maximum Gasteiger partial charge on any atom is 0.0340 e. The Hall–Kier alpha value is -0.630. The SMILES string of the molecule is CC(C)SC(C)CNc1ccccc1. The first-order valence-electron chi connectivity index (χ1n) is 5.13. The Morgan fingerprint density at radius 3 is 2.36 bits per heavy atom. The van der Waals surface area contributed by atoms with Crippen molar-refractivity contribution in [3.63, 3.8) is 0 Å². The van der Waals surface area contributed by atoms with Crippen molar-refractivity contribution in [2.45, 2.75) is 31.3 Å². The van der Waals surface area contributed by atoms with E-state index in [4.69, 9.17) is 0 Å². The number of nitrogens with one attached hydrogen (secondary N) is 1. The summed E-state index contributed by atoms with van der Waals surface area (Å²) in [6, 6.07) is 10.4. The number of anilines is 1. The molecule has 0 amide bonds. The van der Waals surface area contributed by atoms with Gasteiger partial charge in [-0.25, -0.2) is 0 Å². The number of thioether (sulfide) groups is 1. The Kier molecular flexibility index (Phi) is 4.88. The van der Waals surface area contributed by atoms with Crippen LogP contribution in [-0.4, -0.2) is 17.0 Å². The van der Waals surface area contributed by atoms with E-state index in [0.29, 0.717) is 10.5 Å². The van der Waals surface area contributed by atoms with E-state index in [1.54, 1.807) is 0 Å². The molecule has 1 aromatic carbocycles. The molecular weight excluding hydrogens is 190 g/mol. The Labute approximate surface area is 91.3 Å². The Bertz CT molecular complexity index is 246. The second-order valence-corrected chi connectivity index (χ2v) is 5.76. The van der Waals surface area contributed by atoms with Crippen LogP contribution in [-0.2, 0) is 0 Å². The Morgan fingerprint density at radius 2 is 1.79 bits per heavy atom. The quantitative estimate of drug-likeness (QED) is 0.794. The lowest BCUT2D eigenvalue weighted by Gasteiger charge is -2.15. The molecule has 1 nitrogen and oxygen atoms in total. The predicted octanol–water partition coefficient (Wildman–Crippen LogP) is 3.63. The molecule has 0 radical (unpaired) electrons. The number of hydrogen-bond donors (Lipinski definition) is 1. The minimum absolute atomic E-state index is 0.662.